The van der Waals surface area contributed by atoms with E-state index in [1.807, 2.05) is 13.0 Å². The molecular formula is C12H14N4OS. The lowest BCUT2D eigenvalue weighted by Gasteiger charge is -2.06. The highest BCUT2D eigenvalue weighted by Crippen LogP contribution is 2.19. The van der Waals surface area contributed by atoms with Crippen LogP contribution in [0.3, 0.4) is 0 Å². The van der Waals surface area contributed by atoms with Gasteiger partial charge in [-0.2, -0.15) is 0 Å². The molecule has 2 rings (SSSR count). The molecule has 0 fully saturated rings. The molecule has 0 aromatic carbocycles. The van der Waals surface area contributed by atoms with Crippen molar-refractivity contribution in [3.05, 3.63) is 40.2 Å². The van der Waals surface area contributed by atoms with Crippen LogP contribution in [0.25, 0.3) is 0 Å². The fourth-order valence-corrected chi connectivity index (χ4v) is 2.33. The second-order valence-corrected chi connectivity index (χ2v) is 4.98. The third-order valence-corrected chi connectivity index (χ3v) is 3.58. The summed E-state index contributed by atoms with van der Waals surface area (Å²) in [6, 6.07) is 1.89. The fraction of sp³-hybridized carbons (Fsp3) is 0.250. The lowest BCUT2D eigenvalue weighted by atomic mass is 10.1. The summed E-state index contributed by atoms with van der Waals surface area (Å²) < 4.78 is 0. The highest BCUT2D eigenvalue weighted by atomic mass is 32.1. The zero-order valence-electron chi connectivity index (χ0n) is 10.2. The molecular weight excluding hydrogens is 248 g/mol. The van der Waals surface area contributed by atoms with Crippen molar-refractivity contribution in [3.8, 4) is 0 Å². The normalized spacial score (nSPS) is 10.3. The molecule has 5 nitrogen and oxygen atoms in total. The quantitative estimate of drug-likeness (QED) is 0.881. The van der Waals surface area contributed by atoms with Crippen molar-refractivity contribution >= 4 is 22.4 Å². The number of nitrogens with zero attached hydrogens (tertiary/aromatic N) is 2. The van der Waals surface area contributed by atoms with E-state index in [0.717, 1.165) is 11.1 Å². The fourth-order valence-electron chi connectivity index (χ4n) is 1.58. The van der Waals surface area contributed by atoms with Crippen LogP contribution in [0.5, 0.6) is 0 Å². The number of hydrogen-bond donors (Lipinski definition) is 2. The van der Waals surface area contributed by atoms with Crippen LogP contribution >= 0.6 is 11.3 Å². The van der Waals surface area contributed by atoms with E-state index in [1.165, 1.54) is 11.3 Å². The van der Waals surface area contributed by atoms with E-state index in [1.54, 1.807) is 19.3 Å². The summed E-state index contributed by atoms with van der Waals surface area (Å²) >= 11 is 1.20. The number of carbonyl (C=O) groups is 1. The minimum Gasteiger partial charge on any atom is -0.375 e. The predicted molar refractivity (Wildman–Crippen MR) is 71.4 cm³/mol. The Bertz CT molecular complexity index is 579. The van der Waals surface area contributed by atoms with Crippen LogP contribution in [0.1, 0.15) is 26.5 Å². The van der Waals surface area contributed by atoms with Crippen molar-refractivity contribution in [1.82, 2.24) is 15.3 Å². The number of thiazole rings is 1. The van der Waals surface area contributed by atoms with Crippen LogP contribution in [0.4, 0.5) is 5.13 Å². The summed E-state index contributed by atoms with van der Waals surface area (Å²) in [5, 5.41) is 3.27. The van der Waals surface area contributed by atoms with Gasteiger partial charge in [0.1, 0.15) is 4.88 Å². The number of rotatable bonds is 3. The molecule has 2 heterocycles. The summed E-state index contributed by atoms with van der Waals surface area (Å²) in [5.74, 6) is -0.141. The van der Waals surface area contributed by atoms with Gasteiger partial charge in [-0.05, 0) is 31.0 Å². The maximum Gasteiger partial charge on any atom is 0.263 e. The lowest BCUT2D eigenvalue weighted by molar-refractivity contribution is 0.0954. The molecule has 0 unspecified atom stereocenters. The van der Waals surface area contributed by atoms with E-state index in [0.29, 0.717) is 22.2 Å². The third kappa shape index (κ3) is 2.65. The Balaban J connectivity index is 2.05. The molecule has 0 bridgehead atoms. The zero-order valence-corrected chi connectivity index (χ0v) is 11.0. The van der Waals surface area contributed by atoms with Gasteiger partial charge in [0.2, 0.25) is 0 Å². The van der Waals surface area contributed by atoms with Gasteiger partial charge >= 0.3 is 0 Å². The number of anilines is 1. The Morgan fingerprint density at radius 3 is 2.89 bits per heavy atom. The number of nitrogens with one attached hydrogen (secondary N) is 1. The standard InChI is InChI=1S/C12H14N4OS/c1-7-5-14-4-3-9(7)6-15-11(17)10-8(2)16-12(13)18-10/h3-5H,6H2,1-2H3,(H2,13,16)(H,15,17). The molecule has 6 heteroatoms. The highest BCUT2D eigenvalue weighted by molar-refractivity contribution is 7.17. The van der Waals surface area contributed by atoms with Gasteiger partial charge < -0.3 is 11.1 Å². The summed E-state index contributed by atoms with van der Waals surface area (Å²) in [6.07, 6.45) is 3.49. The maximum atomic E-state index is 12.0. The van der Waals surface area contributed by atoms with E-state index >= 15 is 0 Å². The summed E-state index contributed by atoms with van der Waals surface area (Å²) in [5.41, 5.74) is 8.34. The number of nitrogens with two attached hydrogens (primary N) is 1. The second kappa shape index (κ2) is 5.14. The van der Waals surface area contributed by atoms with E-state index in [9.17, 15) is 4.79 Å². The van der Waals surface area contributed by atoms with Crippen LogP contribution in [0, 0.1) is 13.8 Å². The average Bonchev–Trinajstić information content (AvgIpc) is 2.67. The van der Waals surface area contributed by atoms with E-state index < -0.39 is 0 Å². The molecule has 0 saturated heterocycles. The molecule has 94 valence electrons. The first-order valence-corrected chi connectivity index (χ1v) is 6.30. The molecule has 2 aromatic rings. The largest absolute Gasteiger partial charge is 0.375 e. The number of carbonyl (C=O) groups excluding carboxylic acids is 1. The van der Waals surface area contributed by atoms with Crippen molar-refractivity contribution in [3.63, 3.8) is 0 Å². The van der Waals surface area contributed by atoms with E-state index in [2.05, 4.69) is 15.3 Å². The van der Waals surface area contributed by atoms with E-state index in [-0.39, 0.29) is 5.91 Å². The van der Waals surface area contributed by atoms with Gasteiger partial charge in [-0.3, -0.25) is 9.78 Å². The Kier molecular flexibility index (Phi) is 3.57. The molecule has 2 aromatic heterocycles. The smallest absolute Gasteiger partial charge is 0.263 e. The van der Waals surface area contributed by atoms with Crippen LogP contribution in [0.2, 0.25) is 0 Å². The Morgan fingerprint density at radius 1 is 1.50 bits per heavy atom. The van der Waals surface area contributed by atoms with Crippen LogP contribution in [-0.2, 0) is 6.54 Å². The third-order valence-electron chi connectivity index (χ3n) is 2.60. The molecule has 0 aliphatic carbocycles. The molecule has 0 spiro atoms. The minimum absolute atomic E-state index is 0.141. The van der Waals surface area contributed by atoms with Gasteiger partial charge in [-0.15, -0.1) is 0 Å². The predicted octanol–water partition coefficient (Wildman–Crippen LogP) is 1.67. The van der Waals surface area contributed by atoms with Crippen LogP contribution < -0.4 is 11.1 Å². The number of pyridine rings is 1. The minimum atomic E-state index is -0.141. The molecule has 0 radical (unpaired) electrons. The molecule has 18 heavy (non-hydrogen) atoms. The first kappa shape index (κ1) is 12.5. The monoisotopic (exact) mass is 262 g/mol. The van der Waals surface area contributed by atoms with Crippen LogP contribution in [-0.4, -0.2) is 15.9 Å². The SMILES string of the molecule is Cc1cnccc1CNC(=O)c1sc(N)nc1C. The van der Waals surface area contributed by atoms with Gasteiger partial charge in [0.25, 0.3) is 5.91 Å². The molecule has 0 aliphatic rings. The summed E-state index contributed by atoms with van der Waals surface area (Å²) in [7, 11) is 0. The topological polar surface area (TPSA) is 80.9 Å². The second-order valence-electron chi connectivity index (χ2n) is 3.95. The van der Waals surface area contributed by atoms with Gasteiger partial charge in [0.05, 0.1) is 5.69 Å². The zero-order chi connectivity index (χ0) is 13.1. The van der Waals surface area contributed by atoms with Gasteiger partial charge in [-0.1, -0.05) is 11.3 Å². The average molecular weight is 262 g/mol. The van der Waals surface area contributed by atoms with Gasteiger partial charge in [-0.25, -0.2) is 4.98 Å². The number of nitrogen functional groups attached to an aromatic ring is 1. The number of hydrogen-bond acceptors (Lipinski definition) is 5. The molecule has 0 saturated carbocycles. The lowest BCUT2D eigenvalue weighted by Crippen LogP contribution is -2.23. The van der Waals surface area contributed by atoms with Crippen molar-refractivity contribution in [2.75, 3.05) is 5.73 Å². The van der Waals surface area contributed by atoms with Crippen molar-refractivity contribution in [2.24, 2.45) is 0 Å². The van der Waals surface area contributed by atoms with E-state index in [4.69, 9.17) is 5.73 Å². The molecule has 3 N–H and O–H groups in total. The number of aryl methyl sites for hydroxylation is 2. The van der Waals surface area contributed by atoms with Crippen LogP contribution in [0.15, 0.2) is 18.5 Å². The molecule has 0 atom stereocenters. The first-order valence-electron chi connectivity index (χ1n) is 5.48. The van der Waals surface area contributed by atoms with Gasteiger partial charge in [0.15, 0.2) is 5.13 Å². The van der Waals surface area contributed by atoms with Crippen molar-refractivity contribution in [1.29, 1.82) is 0 Å². The Morgan fingerprint density at radius 2 is 2.28 bits per heavy atom. The molecule has 0 aliphatic heterocycles. The highest BCUT2D eigenvalue weighted by Gasteiger charge is 2.13. The first-order chi connectivity index (χ1) is 8.58. The number of amides is 1. The molecule has 1 amide bonds. The van der Waals surface area contributed by atoms with Crippen molar-refractivity contribution in [2.45, 2.75) is 20.4 Å². The number of aromatic nitrogens is 2. The Hall–Kier alpha value is -1.95. The van der Waals surface area contributed by atoms with Gasteiger partial charge in [0, 0.05) is 18.9 Å². The summed E-state index contributed by atoms with van der Waals surface area (Å²) in [4.78, 5) is 20.6. The van der Waals surface area contributed by atoms with Crippen molar-refractivity contribution < 1.29 is 4.79 Å². The Labute approximate surface area is 109 Å². The summed E-state index contributed by atoms with van der Waals surface area (Å²) in [6.45, 7) is 4.22. The maximum absolute atomic E-state index is 12.0.